The van der Waals surface area contributed by atoms with Gasteiger partial charge in [-0.3, -0.25) is 0 Å². The second-order valence-corrected chi connectivity index (χ2v) is 3.47. The lowest BCUT2D eigenvalue weighted by Crippen LogP contribution is -2.01. The van der Waals surface area contributed by atoms with Gasteiger partial charge in [-0.25, -0.2) is 0 Å². The normalized spacial score (nSPS) is 10.1. The Bertz CT molecular complexity index is 329. The molecule has 0 aromatic heterocycles. The molecule has 1 rings (SSSR count). The molecule has 0 aliphatic heterocycles. The summed E-state index contributed by atoms with van der Waals surface area (Å²) in [7, 11) is 3.08. The quantitative estimate of drug-likeness (QED) is 0.594. The summed E-state index contributed by atoms with van der Waals surface area (Å²) in [5.41, 5.74) is 0.878. The second-order valence-electron chi connectivity index (χ2n) is 2.79. The van der Waals surface area contributed by atoms with Gasteiger partial charge < -0.3 is 14.2 Å². The number of rotatable bonds is 5. The summed E-state index contributed by atoms with van der Waals surface area (Å²) in [4.78, 5) is 0. The van der Waals surface area contributed by atoms with E-state index in [4.69, 9.17) is 37.4 Å². The number of benzene rings is 1. The molecular formula is C10H12Cl2O3. The minimum Gasteiger partial charge on any atom is -0.493 e. The highest BCUT2D eigenvalue weighted by molar-refractivity contribution is 6.32. The molecule has 15 heavy (non-hydrogen) atoms. The topological polar surface area (TPSA) is 27.7 Å². The van der Waals surface area contributed by atoms with Gasteiger partial charge in [-0.05, 0) is 17.7 Å². The highest BCUT2D eigenvalue weighted by Gasteiger charge is 2.11. The Balaban J connectivity index is 3.01. The minimum absolute atomic E-state index is 0.121. The summed E-state index contributed by atoms with van der Waals surface area (Å²) in [5.74, 6) is 1.39. The molecule has 0 N–H and O–H groups in total. The average molecular weight is 251 g/mol. The van der Waals surface area contributed by atoms with Crippen LogP contribution in [0.25, 0.3) is 0 Å². The van der Waals surface area contributed by atoms with Crippen LogP contribution in [0, 0.1) is 0 Å². The Morgan fingerprint density at radius 1 is 1.27 bits per heavy atom. The van der Waals surface area contributed by atoms with Gasteiger partial charge in [-0.2, -0.15) is 0 Å². The maximum absolute atomic E-state index is 6.01. The lowest BCUT2D eigenvalue weighted by molar-refractivity contribution is 0.0492. The number of alkyl halides is 1. The molecule has 5 heteroatoms. The Kier molecular flexibility index (Phi) is 5.02. The molecule has 0 aliphatic carbocycles. The molecule has 0 unspecified atom stereocenters. The molecule has 0 saturated heterocycles. The summed E-state index contributed by atoms with van der Waals surface area (Å²) >= 11 is 11.7. The van der Waals surface area contributed by atoms with Crippen LogP contribution in [0.3, 0.4) is 0 Å². The van der Waals surface area contributed by atoms with Crippen LogP contribution < -0.4 is 9.47 Å². The van der Waals surface area contributed by atoms with Crippen LogP contribution in [0.5, 0.6) is 11.5 Å². The fourth-order valence-electron chi connectivity index (χ4n) is 1.11. The van der Waals surface area contributed by atoms with E-state index < -0.39 is 0 Å². The zero-order valence-electron chi connectivity index (χ0n) is 8.55. The van der Waals surface area contributed by atoms with Crippen LogP contribution in [0.2, 0.25) is 5.02 Å². The molecule has 84 valence electrons. The van der Waals surface area contributed by atoms with Gasteiger partial charge in [0.15, 0.2) is 18.3 Å². The third kappa shape index (κ3) is 3.16. The van der Waals surface area contributed by atoms with Crippen molar-refractivity contribution < 1.29 is 14.2 Å². The largest absolute Gasteiger partial charge is 0.493 e. The molecule has 0 saturated carbocycles. The summed E-state index contributed by atoms with van der Waals surface area (Å²) < 4.78 is 15.2. The van der Waals surface area contributed by atoms with Crippen LogP contribution in [-0.4, -0.2) is 21.0 Å². The van der Waals surface area contributed by atoms with E-state index >= 15 is 0 Å². The molecule has 0 amide bonds. The lowest BCUT2D eigenvalue weighted by Gasteiger charge is -2.12. The van der Waals surface area contributed by atoms with E-state index in [-0.39, 0.29) is 6.79 Å². The molecule has 0 atom stereocenters. The van der Waals surface area contributed by atoms with Crippen molar-refractivity contribution in [2.75, 3.05) is 21.0 Å². The summed E-state index contributed by atoms with van der Waals surface area (Å²) in [5, 5.41) is 0.460. The van der Waals surface area contributed by atoms with Crippen LogP contribution in [0.1, 0.15) is 5.56 Å². The Morgan fingerprint density at radius 3 is 2.53 bits per heavy atom. The fraction of sp³-hybridized carbons (Fsp3) is 0.400. The minimum atomic E-state index is 0.121. The first-order valence-corrected chi connectivity index (χ1v) is 5.18. The smallest absolute Gasteiger partial charge is 0.188 e. The highest BCUT2D eigenvalue weighted by Crippen LogP contribution is 2.36. The zero-order valence-corrected chi connectivity index (χ0v) is 10.1. The van der Waals surface area contributed by atoms with Gasteiger partial charge >= 0.3 is 0 Å². The third-order valence-corrected chi connectivity index (χ3v) is 2.35. The fourth-order valence-corrected chi connectivity index (χ4v) is 1.55. The van der Waals surface area contributed by atoms with E-state index in [9.17, 15) is 0 Å². The van der Waals surface area contributed by atoms with Crippen molar-refractivity contribution in [1.29, 1.82) is 0 Å². The van der Waals surface area contributed by atoms with Crippen LogP contribution >= 0.6 is 23.2 Å². The predicted octanol–water partition coefficient (Wildman–Crippen LogP) is 3.07. The molecule has 3 nitrogen and oxygen atoms in total. The molecule has 1 aromatic carbocycles. The van der Waals surface area contributed by atoms with Gasteiger partial charge in [-0.1, -0.05) is 11.6 Å². The lowest BCUT2D eigenvalue weighted by atomic mass is 10.2. The first kappa shape index (κ1) is 12.4. The molecule has 0 radical (unpaired) electrons. The van der Waals surface area contributed by atoms with Crippen molar-refractivity contribution in [3.05, 3.63) is 22.7 Å². The van der Waals surface area contributed by atoms with Crippen LogP contribution in [0.15, 0.2) is 12.1 Å². The Morgan fingerprint density at radius 2 is 2.00 bits per heavy atom. The second kappa shape index (κ2) is 6.05. The van der Waals surface area contributed by atoms with Crippen molar-refractivity contribution in [3.63, 3.8) is 0 Å². The Hall–Kier alpha value is -0.640. The van der Waals surface area contributed by atoms with Crippen molar-refractivity contribution in [2.24, 2.45) is 0 Å². The maximum atomic E-state index is 6.01. The van der Waals surface area contributed by atoms with Crippen LogP contribution in [-0.2, 0) is 10.6 Å². The van der Waals surface area contributed by atoms with E-state index in [1.165, 1.54) is 7.11 Å². The monoisotopic (exact) mass is 250 g/mol. The maximum Gasteiger partial charge on any atom is 0.188 e. The summed E-state index contributed by atoms with van der Waals surface area (Å²) in [6, 6.07) is 3.52. The first-order valence-electron chi connectivity index (χ1n) is 4.27. The van der Waals surface area contributed by atoms with Gasteiger partial charge in [0.1, 0.15) is 0 Å². The molecule has 0 fully saturated rings. The molecule has 0 spiro atoms. The number of halogens is 2. The molecule has 0 bridgehead atoms. The number of ether oxygens (including phenoxy) is 3. The van der Waals surface area contributed by atoms with Crippen molar-refractivity contribution in [2.45, 2.75) is 5.88 Å². The van der Waals surface area contributed by atoms with Crippen molar-refractivity contribution in [1.82, 2.24) is 0 Å². The SMILES string of the molecule is COCOc1c(Cl)cc(CCl)cc1OC. The van der Waals surface area contributed by atoms with Gasteiger partial charge in [0.05, 0.1) is 12.1 Å². The molecular weight excluding hydrogens is 239 g/mol. The number of methoxy groups -OCH3 is 2. The summed E-state index contributed by atoms with van der Waals surface area (Å²) in [6.45, 7) is 0.121. The average Bonchev–Trinajstić information content (AvgIpc) is 2.26. The van der Waals surface area contributed by atoms with E-state index in [2.05, 4.69) is 0 Å². The summed E-state index contributed by atoms with van der Waals surface area (Å²) in [6.07, 6.45) is 0. The van der Waals surface area contributed by atoms with Gasteiger partial charge in [0, 0.05) is 13.0 Å². The van der Waals surface area contributed by atoms with Crippen molar-refractivity contribution in [3.8, 4) is 11.5 Å². The first-order chi connectivity index (χ1) is 7.22. The third-order valence-electron chi connectivity index (χ3n) is 1.76. The molecule has 0 aliphatic rings. The zero-order chi connectivity index (χ0) is 11.3. The Labute approximate surface area is 98.8 Å². The number of hydrogen-bond acceptors (Lipinski definition) is 3. The standard InChI is InChI=1S/C10H12Cl2O3/c1-13-6-15-10-8(12)3-7(5-11)4-9(10)14-2/h3-4H,5-6H2,1-2H3. The predicted molar refractivity (Wildman–Crippen MR) is 60.1 cm³/mol. The van der Waals surface area contributed by atoms with Gasteiger partial charge in [0.25, 0.3) is 0 Å². The van der Waals surface area contributed by atoms with E-state index in [1.807, 2.05) is 0 Å². The van der Waals surface area contributed by atoms with Crippen molar-refractivity contribution >= 4 is 23.2 Å². The van der Waals surface area contributed by atoms with E-state index in [1.54, 1.807) is 19.2 Å². The number of hydrogen-bond donors (Lipinski definition) is 0. The molecule has 1 aromatic rings. The van der Waals surface area contributed by atoms with Gasteiger partial charge in [0.2, 0.25) is 0 Å². The highest BCUT2D eigenvalue weighted by atomic mass is 35.5. The van der Waals surface area contributed by atoms with Gasteiger partial charge in [-0.15, -0.1) is 11.6 Å². The van der Waals surface area contributed by atoms with E-state index in [0.717, 1.165) is 5.56 Å². The van der Waals surface area contributed by atoms with E-state index in [0.29, 0.717) is 22.4 Å². The van der Waals surface area contributed by atoms with Crippen LogP contribution in [0.4, 0.5) is 0 Å². The molecule has 0 heterocycles.